The molecule has 5 heteroatoms. The van der Waals surface area contributed by atoms with E-state index in [0.29, 0.717) is 17.5 Å². The van der Waals surface area contributed by atoms with Gasteiger partial charge in [0.05, 0.1) is 6.54 Å². The number of nitrogens with zero attached hydrogens (tertiary/aromatic N) is 1. The molecular formula is C24H20N2O3. The molecule has 3 aromatic rings. The van der Waals surface area contributed by atoms with Crippen LogP contribution in [0.1, 0.15) is 21.5 Å². The van der Waals surface area contributed by atoms with E-state index in [4.69, 9.17) is 0 Å². The van der Waals surface area contributed by atoms with Crippen molar-refractivity contribution in [3.8, 4) is 0 Å². The van der Waals surface area contributed by atoms with Crippen molar-refractivity contribution in [2.45, 2.75) is 12.0 Å². The lowest BCUT2D eigenvalue weighted by Crippen LogP contribution is -2.46. The van der Waals surface area contributed by atoms with Gasteiger partial charge in [-0.15, -0.1) is 0 Å². The molecule has 1 fully saturated rings. The lowest BCUT2D eigenvalue weighted by Gasteiger charge is -2.27. The number of imide groups is 1. The predicted octanol–water partition coefficient (Wildman–Crippen LogP) is 3.56. The summed E-state index contributed by atoms with van der Waals surface area (Å²) in [5.74, 6) is -0.695. The minimum atomic E-state index is -1.24. The Labute approximate surface area is 169 Å². The highest BCUT2D eigenvalue weighted by Crippen LogP contribution is 2.33. The molecule has 0 aliphatic carbocycles. The van der Waals surface area contributed by atoms with Crippen LogP contribution in [0.3, 0.4) is 0 Å². The van der Waals surface area contributed by atoms with Crippen molar-refractivity contribution in [1.82, 2.24) is 10.2 Å². The first-order chi connectivity index (χ1) is 14.1. The number of carbonyl (C=O) groups excluding carboxylic acids is 3. The Morgan fingerprint density at radius 1 is 0.793 bits per heavy atom. The summed E-state index contributed by atoms with van der Waals surface area (Å²) in [6.45, 7) is -0.294. The number of hydrogen-bond acceptors (Lipinski definition) is 3. The normalized spacial score (nSPS) is 18.6. The molecule has 0 spiro atoms. The number of amides is 3. The Kier molecular flexibility index (Phi) is 4.96. The van der Waals surface area contributed by atoms with E-state index in [9.17, 15) is 14.4 Å². The molecule has 0 unspecified atom stereocenters. The average Bonchev–Trinajstić information content (AvgIpc) is 3.00. The summed E-state index contributed by atoms with van der Waals surface area (Å²) in [6, 6.07) is 26.8. The largest absolute Gasteiger partial charge is 0.325 e. The minimum absolute atomic E-state index is 0.280. The minimum Gasteiger partial charge on any atom is -0.319 e. The number of benzene rings is 3. The number of ketones is 1. The van der Waals surface area contributed by atoms with Crippen molar-refractivity contribution in [3.63, 3.8) is 0 Å². The third-order valence-electron chi connectivity index (χ3n) is 5.15. The molecule has 0 saturated carbocycles. The van der Waals surface area contributed by atoms with E-state index < -0.39 is 17.5 Å². The van der Waals surface area contributed by atoms with Crippen molar-refractivity contribution < 1.29 is 14.4 Å². The van der Waals surface area contributed by atoms with Crippen LogP contribution < -0.4 is 5.32 Å². The van der Waals surface area contributed by atoms with Crippen LogP contribution in [-0.2, 0) is 16.8 Å². The summed E-state index contributed by atoms with van der Waals surface area (Å²) in [6.07, 6.45) is 0.304. The Morgan fingerprint density at radius 2 is 1.34 bits per heavy atom. The van der Waals surface area contributed by atoms with Crippen LogP contribution in [0.2, 0.25) is 0 Å². The average molecular weight is 384 g/mol. The number of hydrogen-bond donors (Lipinski definition) is 1. The van der Waals surface area contributed by atoms with Gasteiger partial charge in [-0.2, -0.15) is 0 Å². The summed E-state index contributed by atoms with van der Waals surface area (Å²) in [5, 5.41) is 2.87. The van der Waals surface area contributed by atoms with Crippen LogP contribution in [0.5, 0.6) is 0 Å². The molecule has 3 amide bonds. The molecule has 144 valence electrons. The molecule has 0 radical (unpaired) electrons. The van der Waals surface area contributed by atoms with Gasteiger partial charge in [-0.25, -0.2) is 4.79 Å². The van der Waals surface area contributed by atoms with Gasteiger partial charge < -0.3 is 5.32 Å². The summed E-state index contributed by atoms with van der Waals surface area (Å²) in [5.41, 5.74) is 0.836. The Hall–Kier alpha value is -3.73. The van der Waals surface area contributed by atoms with Gasteiger partial charge in [0.1, 0.15) is 0 Å². The molecule has 0 bridgehead atoms. The maximum atomic E-state index is 13.5. The zero-order chi connectivity index (χ0) is 20.3. The van der Waals surface area contributed by atoms with E-state index in [1.54, 1.807) is 24.3 Å². The molecule has 5 nitrogen and oxygen atoms in total. The van der Waals surface area contributed by atoms with Gasteiger partial charge in [-0.05, 0) is 11.1 Å². The van der Waals surface area contributed by atoms with Crippen LogP contribution in [0.25, 0.3) is 0 Å². The Balaban J connectivity index is 1.68. The van der Waals surface area contributed by atoms with Crippen molar-refractivity contribution in [2.75, 3.05) is 6.54 Å². The van der Waals surface area contributed by atoms with Crippen molar-refractivity contribution in [3.05, 3.63) is 108 Å². The third-order valence-corrected chi connectivity index (χ3v) is 5.15. The van der Waals surface area contributed by atoms with Gasteiger partial charge in [-0.1, -0.05) is 91.0 Å². The molecule has 1 heterocycles. The van der Waals surface area contributed by atoms with Crippen LogP contribution in [0, 0.1) is 0 Å². The van der Waals surface area contributed by atoms with E-state index in [1.807, 2.05) is 66.7 Å². The van der Waals surface area contributed by atoms with Crippen molar-refractivity contribution in [2.24, 2.45) is 0 Å². The highest BCUT2D eigenvalue weighted by molar-refractivity contribution is 6.11. The highest BCUT2D eigenvalue weighted by atomic mass is 16.2. The maximum absolute atomic E-state index is 13.5. The van der Waals surface area contributed by atoms with Gasteiger partial charge >= 0.3 is 6.03 Å². The van der Waals surface area contributed by atoms with E-state index in [0.717, 1.165) is 10.5 Å². The number of urea groups is 1. The Morgan fingerprint density at radius 3 is 1.97 bits per heavy atom. The fourth-order valence-electron chi connectivity index (χ4n) is 3.67. The SMILES string of the molecule is O=C(CN1C(=O)N[C@](Cc2ccccc2)(c2ccccc2)C1=O)c1ccccc1. The topological polar surface area (TPSA) is 66.5 Å². The number of rotatable bonds is 6. The third kappa shape index (κ3) is 3.55. The van der Waals surface area contributed by atoms with Gasteiger partial charge in [0.25, 0.3) is 5.91 Å². The molecule has 1 atom stereocenters. The summed E-state index contributed by atoms with van der Waals surface area (Å²) in [4.78, 5) is 39.9. The number of Topliss-reactive ketones (excluding diaryl/α,β-unsaturated/α-hetero) is 1. The number of carbonyl (C=O) groups is 3. The molecule has 0 aromatic heterocycles. The Bertz CT molecular complexity index is 1040. The molecule has 4 rings (SSSR count). The van der Waals surface area contributed by atoms with E-state index in [-0.39, 0.29) is 12.3 Å². The maximum Gasteiger partial charge on any atom is 0.325 e. The van der Waals surface area contributed by atoms with E-state index >= 15 is 0 Å². The van der Waals surface area contributed by atoms with Crippen LogP contribution in [0.4, 0.5) is 4.79 Å². The van der Waals surface area contributed by atoms with Gasteiger partial charge in [-0.3, -0.25) is 14.5 Å². The zero-order valence-electron chi connectivity index (χ0n) is 15.7. The summed E-state index contributed by atoms with van der Waals surface area (Å²) >= 11 is 0. The quantitative estimate of drug-likeness (QED) is 0.522. The zero-order valence-corrected chi connectivity index (χ0v) is 15.7. The molecule has 1 aliphatic rings. The second-order valence-corrected chi connectivity index (χ2v) is 7.04. The standard InChI is InChI=1S/C24H20N2O3/c27-21(19-12-6-2-7-13-19)17-26-22(28)24(25-23(26)29,20-14-8-3-9-15-20)16-18-10-4-1-5-11-18/h1-15H,16-17H2,(H,25,29)/t24-/m1/s1. The smallest absolute Gasteiger partial charge is 0.319 e. The molecule has 1 N–H and O–H groups in total. The molecule has 1 saturated heterocycles. The van der Waals surface area contributed by atoms with Crippen LogP contribution in [-0.4, -0.2) is 29.2 Å². The predicted molar refractivity (Wildman–Crippen MR) is 109 cm³/mol. The van der Waals surface area contributed by atoms with Crippen molar-refractivity contribution >= 4 is 17.7 Å². The monoisotopic (exact) mass is 384 g/mol. The second kappa shape index (κ2) is 7.72. The highest BCUT2D eigenvalue weighted by Gasteiger charge is 2.52. The van der Waals surface area contributed by atoms with Crippen molar-refractivity contribution in [1.29, 1.82) is 0 Å². The first-order valence-electron chi connectivity index (χ1n) is 9.42. The van der Waals surface area contributed by atoms with Gasteiger partial charge in [0, 0.05) is 12.0 Å². The molecular weight excluding hydrogens is 364 g/mol. The number of nitrogens with one attached hydrogen (secondary N) is 1. The summed E-state index contributed by atoms with van der Waals surface area (Å²) < 4.78 is 0. The van der Waals surface area contributed by atoms with Gasteiger partial charge in [0.15, 0.2) is 11.3 Å². The second-order valence-electron chi connectivity index (χ2n) is 7.04. The van der Waals surface area contributed by atoms with E-state index in [1.165, 1.54) is 0 Å². The fourth-order valence-corrected chi connectivity index (χ4v) is 3.67. The molecule has 29 heavy (non-hydrogen) atoms. The fraction of sp³-hybridized carbons (Fsp3) is 0.125. The first kappa shape index (κ1) is 18.6. The lowest BCUT2D eigenvalue weighted by molar-refractivity contribution is -0.131. The van der Waals surface area contributed by atoms with Crippen LogP contribution >= 0.6 is 0 Å². The van der Waals surface area contributed by atoms with E-state index in [2.05, 4.69) is 5.32 Å². The first-order valence-corrected chi connectivity index (χ1v) is 9.42. The lowest BCUT2D eigenvalue weighted by atomic mass is 9.83. The summed E-state index contributed by atoms with van der Waals surface area (Å²) in [7, 11) is 0. The molecule has 1 aliphatic heterocycles. The van der Waals surface area contributed by atoms with Gasteiger partial charge in [0.2, 0.25) is 0 Å². The van der Waals surface area contributed by atoms with Crippen LogP contribution in [0.15, 0.2) is 91.0 Å². The molecule has 3 aromatic carbocycles.